The molecule has 1 aromatic heterocycles. The largest absolute Gasteiger partial charge is 0.473 e. The number of nitrogens with one attached hydrogen (secondary N) is 1. The molecule has 0 unspecified atom stereocenters. The van der Waals surface area contributed by atoms with Crippen LogP contribution in [0.2, 0.25) is 0 Å². The highest BCUT2D eigenvalue weighted by Crippen LogP contribution is 2.22. The molecule has 110 valence electrons. The van der Waals surface area contributed by atoms with Crippen LogP contribution in [-0.2, 0) is 11.2 Å². The molecule has 5 nitrogen and oxygen atoms in total. The fraction of sp³-hybridized carbons (Fsp3) is 0.250. The number of hydrogen-bond donors (Lipinski definition) is 2. The number of nitrogens with zero attached hydrogens (tertiary/aromatic N) is 1. The second-order valence-electron chi connectivity index (χ2n) is 4.99. The van der Waals surface area contributed by atoms with Gasteiger partial charge in [-0.3, -0.25) is 4.79 Å². The number of nitrogens with two attached hydrogens (primary N) is 1. The summed E-state index contributed by atoms with van der Waals surface area (Å²) in [6.07, 6.45) is 1.90. The molecule has 1 aromatic carbocycles. The third-order valence-electron chi connectivity index (χ3n) is 2.74. The molecular weight excluding hydrogens is 266 g/mol. The van der Waals surface area contributed by atoms with E-state index in [0.29, 0.717) is 17.3 Å². The summed E-state index contributed by atoms with van der Waals surface area (Å²) in [5.41, 5.74) is 7.78. The average Bonchev–Trinajstić information content (AvgIpc) is 2.43. The molecule has 2 rings (SSSR count). The number of carbonyl (C=O) groups excluding carboxylic acids is 1. The first kappa shape index (κ1) is 14.8. The van der Waals surface area contributed by atoms with Gasteiger partial charge in [0.15, 0.2) is 0 Å². The highest BCUT2D eigenvalue weighted by Gasteiger charge is 2.10. The van der Waals surface area contributed by atoms with E-state index in [0.717, 1.165) is 5.56 Å². The molecule has 0 saturated carbocycles. The van der Waals surface area contributed by atoms with Crippen LogP contribution in [0.15, 0.2) is 42.6 Å². The van der Waals surface area contributed by atoms with E-state index in [1.807, 2.05) is 26.0 Å². The van der Waals surface area contributed by atoms with Gasteiger partial charge in [0.1, 0.15) is 5.69 Å². The molecule has 0 radical (unpaired) electrons. The molecular formula is C16H19N3O2. The van der Waals surface area contributed by atoms with E-state index in [9.17, 15) is 4.79 Å². The summed E-state index contributed by atoms with van der Waals surface area (Å²) in [4.78, 5) is 16.2. The van der Waals surface area contributed by atoms with Crippen molar-refractivity contribution in [3.63, 3.8) is 0 Å². The predicted octanol–water partition coefficient (Wildman–Crippen LogP) is 2.63. The van der Waals surface area contributed by atoms with E-state index in [2.05, 4.69) is 10.3 Å². The van der Waals surface area contributed by atoms with Crippen LogP contribution in [0.25, 0.3) is 0 Å². The summed E-state index contributed by atoms with van der Waals surface area (Å²) in [7, 11) is 0. The zero-order valence-corrected chi connectivity index (χ0v) is 12.2. The van der Waals surface area contributed by atoms with Crippen LogP contribution in [0.4, 0.5) is 11.4 Å². The third-order valence-corrected chi connectivity index (χ3v) is 2.74. The Morgan fingerprint density at radius 1 is 1.29 bits per heavy atom. The van der Waals surface area contributed by atoms with Crippen molar-refractivity contribution in [1.82, 2.24) is 4.98 Å². The van der Waals surface area contributed by atoms with E-state index >= 15 is 0 Å². The van der Waals surface area contributed by atoms with Crippen LogP contribution in [0.5, 0.6) is 5.88 Å². The lowest BCUT2D eigenvalue weighted by molar-refractivity contribution is -0.115. The van der Waals surface area contributed by atoms with Crippen molar-refractivity contribution < 1.29 is 9.53 Å². The van der Waals surface area contributed by atoms with Gasteiger partial charge in [0, 0.05) is 11.9 Å². The highest BCUT2D eigenvalue weighted by atomic mass is 16.5. The van der Waals surface area contributed by atoms with Crippen molar-refractivity contribution in [3.8, 4) is 5.88 Å². The second-order valence-corrected chi connectivity index (χ2v) is 4.99. The lowest BCUT2D eigenvalue weighted by atomic mass is 10.1. The third kappa shape index (κ3) is 4.49. The van der Waals surface area contributed by atoms with Gasteiger partial charge in [-0.15, -0.1) is 0 Å². The maximum atomic E-state index is 12.1. The highest BCUT2D eigenvalue weighted by molar-refractivity contribution is 5.93. The standard InChI is InChI=1S/C16H19N3O2/c1-11(2)21-16-14(4-3-9-18-16)19-15(20)10-12-5-7-13(17)8-6-12/h3-9,11H,10,17H2,1-2H3,(H,19,20). The second kappa shape index (κ2) is 6.74. The molecule has 3 N–H and O–H groups in total. The van der Waals surface area contributed by atoms with E-state index < -0.39 is 0 Å². The van der Waals surface area contributed by atoms with Crippen molar-refractivity contribution >= 4 is 17.3 Å². The van der Waals surface area contributed by atoms with Gasteiger partial charge < -0.3 is 15.8 Å². The van der Waals surface area contributed by atoms with Crippen LogP contribution >= 0.6 is 0 Å². The van der Waals surface area contributed by atoms with Crippen molar-refractivity contribution in [1.29, 1.82) is 0 Å². The van der Waals surface area contributed by atoms with Crippen LogP contribution < -0.4 is 15.8 Å². The number of carbonyl (C=O) groups is 1. The monoisotopic (exact) mass is 285 g/mol. The summed E-state index contributed by atoms with van der Waals surface area (Å²) >= 11 is 0. The first-order valence-electron chi connectivity index (χ1n) is 6.80. The summed E-state index contributed by atoms with van der Waals surface area (Å²) in [6, 6.07) is 10.8. The SMILES string of the molecule is CC(C)Oc1ncccc1NC(=O)Cc1ccc(N)cc1. The van der Waals surface area contributed by atoms with Crippen molar-refractivity contribution in [3.05, 3.63) is 48.2 Å². The van der Waals surface area contributed by atoms with Crippen molar-refractivity contribution in [2.45, 2.75) is 26.4 Å². The quantitative estimate of drug-likeness (QED) is 0.828. The number of anilines is 2. The van der Waals surface area contributed by atoms with E-state index in [4.69, 9.17) is 10.5 Å². The minimum Gasteiger partial charge on any atom is -0.473 e. The Kier molecular flexibility index (Phi) is 4.77. The molecule has 0 aliphatic rings. The predicted molar refractivity (Wildman–Crippen MR) is 83.2 cm³/mol. The maximum absolute atomic E-state index is 12.1. The molecule has 0 spiro atoms. The maximum Gasteiger partial charge on any atom is 0.238 e. The number of aromatic nitrogens is 1. The topological polar surface area (TPSA) is 77.2 Å². The van der Waals surface area contributed by atoms with Gasteiger partial charge in [-0.05, 0) is 43.7 Å². The number of ether oxygens (including phenoxy) is 1. The summed E-state index contributed by atoms with van der Waals surface area (Å²) < 4.78 is 5.57. The molecule has 0 bridgehead atoms. The van der Waals surface area contributed by atoms with E-state index in [1.165, 1.54) is 0 Å². The number of nitrogen functional groups attached to an aromatic ring is 1. The number of rotatable bonds is 5. The Balaban J connectivity index is 2.04. The van der Waals surface area contributed by atoms with Crippen LogP contribution in [0.1, 0.15) is 19.4 Å². The Labute approximate surface area is 124 Å². The van der Waals surface area contributed by atoms with Gasteiger partial charge in [0.05, 0.1) is 12.5 Å². The number of pyridine rings is 1. The van der Waals surface area contributed by atoms with Crippen LogP contribution in [0.3, 0.4) is 0 Å². The lowest BCUT2D eigenvalue weighted by Gasteiger charge is -2.13. The average molecular weight is 285 g/mol. The normalized spacial score (nSPS) is 10.4. The first-order valence-corrected chi connectivity index (χ1v) is 6.80. The number of hydrogen-bond acceptors (Lipinski definition) is 4. The zero-order valence-electron chi connectivity index (χ0n) is 12.2. The van der Waals surface area contributed by atoms with Gasteiger partial charge in [0.25, 0.3) is 0 Å². The molecule has 0 aliphatic heterocycles. The Morgan fingerprint density at radius 2 is 2.00 bits per heavy atom. The minimum atomic E-state index is -0.124. The fourth-order valence-electron chi connectivity index (χ4n) is 1.82. The minimum absolute atomic E-state index is 0.00681. The smallest absolute Gasteiger partial charge is 0.238 e. The van der Waals surface area contributed by atoms with Crippen LogP contribution in [0, 0.1) is 0 Å². The van der Waals surface area contributed by atoms with E-state index in [1.54, 1.807) is 30.5 Å². The lowest BCUT2D eigenvalue weighted by Crippen LogP contribution is -2.16. The van der Waals surface area contributed by atoms with Gasteiger partial charge in [-0.2, -0.15) is 0 Å². The van der Waals surface area contributed by atoms with Gasteiger partial charge in [-0.25, -0.2) is 4.98 Å². The van der Waals surface area contributed by atoms with Gasteiger partial charge >= 0.3 is 0 Å². The molecule has 0 fully saturated rings. The molecule has 0 saturated heterocycles. The molecule has 21 heavy (non-hydrogen) atoms. The molecule has 0 aliphatic carbocycles. The summed E-state index contributed by atoms with van der Waals surface area (Å²) in [6.45, 7) is 3.82. The van der Waals surface area contributed by atoms with Crippen molar-refractivity contribution in [2.75, 3.05) is 11.1 Å². The molecule has 1 heterocycles. The summed E-state index contributed by atoms with van der Waals surface area (Å²) in [5.74, 6) is 0.305. The molecule has 0 atom stereocenters. The Hall–Kier alpha value is -2.56. The molecule has 5 heteroatoms. The fourth-order valence-corrected chi connectivity index (χ4v) is 1.82. The number of amides is 1. The summed E-state index contributed by atoms with van der Waals surface area (Å²) in [5, 5.41) is 2.82. The first-order chi connectivity index (χ1) is 10.0. The van der Waals surface area contributed by atoms with Crippen molar-refractivity contribution in [2.24, 2.45) is 0 Å². The van der Waals surface area contributed by atoms with Gasteiger partial charge in [-0.1, -0.05) is 12.1 Å². The Morgan fingerprint density at radius 3 is 2.67 bits per heavy atom. The van der Waals surface area contributed by atoms with E-state index in [-0.39, 0.29) is 18.4 Å². The number of benzene rings is 1. The molecule has 2 aromatic rings. The van der Waals surface area contributed by atoms with Gasteiger partial charge in [0.2, 0.25) is 11.8 Å². The zero-order chi connectivity index (χ0) is 15.2. The Bertz CT molecular complexity index is 609. The molecule has 1 amide bonds. The van der Waals surface area contributed by atoms with Crippen LogP contribution in [-0.4, -0.2) is 17.0 Å².